The van der Waals surface area contributed by atoms with Crippen LogP contribution in [0.3, 0.4) is 0 Å². The molecule has 2 amide bonds. The smallest absolute Gasteiger partial charge is 0.235 e. The highest BCUT2D eigenvalue weighted by molar-refractivity contribution is 6.05. The molecule has 0 aromatic heterocycles. The summed E-state index contributed by atoms with van der Waals surface area (Å²) in [5, 5.41) is 3.15. The van der Waals surface area contributed by atoms with Crippen molar-refractivity contribution in [2.45, 2.75) is 46.1 Å². The van der Waals surface area contributed by atoms with Gasteiger partial charge in [0, 0.05) is 19.0 Å². The molecule has 0 radical (unpaired) electrons. The van der Waals surface area contributed by atoms with Gasteiger partial charge in [0.05, 0.1) is 5.41 Å². The first-order chi connectivity index (χ1) is 7.42. The van der Waals surface area contributed by atoms with E-state index in [0.717, 1.165) is 12.8 Å². The minimum Gasteiger partial charge on any atom is -0.315 e. The van der Waals surface area contributed by atoms with E-state index >= 15 is 0 Å². The quantitative estimate of drug-likeness (QED) is 0.716. The molecule has 1 fully saturated rings. The van der Waals surface area contributed by atoms with Crippen molar-refractivity contribution in [3.8, 4) is 0 Å². The molecule has 1 rings (SSSR count). The van der Waals surface area contributed by atoms with E-state index in [-0.39, 0.29) is 17.9 Å². The predicted octanol–water partition coefficient (Wildman–Crippen LogP) is 1.16. The molecule has 0 aliphatic carbocycles. The average Bonchev–Trinajstić information content (AvgIpc) is 2.39. The molecule has 16 heavy (non-hydrogen) atoms. The van der Waals surface area contributed by atoms with Gasteiger partial charge in [0.2, 0.25) is 11.8 Å². The van der Waals surface area contributed by atoms with Crippen LogP contribution in [0.4, 0.5) is 0 Å². The Labute approximate surface area is 97.4 Å². The second kappa shape index (κ2) is 4.95. The Morgan fingerprint density at radius 3 is 2.44 bits per heavy atom. The lowest BCUT2D eigenvalue weighted by molar-refractivity contribution is -0.141. The zero-order valence-electron chi connectivity index (χ0n) is 10.7. The molecule has 0 bridgehead atoms. The molecule has 1 heterocycles. The molecule has 1 saturated heterocycles. The van der Waals surface area contributed by atoms with E-state index in [1.165, 1.54) is 4.90 Å². The molecule has 1 N–H and O–H groups in total. The third-order valence-electron chi connectivity index (χ3n) is 3.17. The highest BCUT2D eigenvalue weighted by atomic mass is 16.2. The normalized spacial score (nSPS) is 21.6. The second-order valence-electron chi connectivity index (χ2n) is 5.14. The molecule has 92 valence electrons. The van der Waals surface area contributed by atoms with Crippen LogP contribution in [0.5, 0.6) is 0 Å². The van der Waals surface area contributed by atoms with Gasteiger partial charge in [0.1, 0.15) is 0 Å². The van der Waals surface area contributed by atoms with Crippen LogP contribution in [0.2, 0.25) is 0 Å². The van der Waals surface area contributed by atoms with E-state index in [4.69, 9.17) is 0 Å². The number of carbonyl (C=O) groups is 2. The van der Waals surface area contributed by atoms with Crippen LogP contribution in [0.1, 0.15) is 40.0 Å². The summed E-state index contributed by atoms with van der Waals surface area (Å²) in [4.78, 5) is 25.1. The van der Waals surface area contributed by atoms with Gasteiger partial charge < -0.3 is 5.32 Å². The molecule has 0 aromatic rings. The van der Waals surface area contributed by atoms with E-state index in [1.54, 1.807) is 0 Å². The van der Waals surface area contributed by atoms with Crippen molar-refractivity contribution in [1.82, 2.24) is 10.2 Å². The van der Waals surface area contributed by atoms with Crippen molar-refractivity contribution < 1.29 is 9.59 Å². The maximum atomic E-state index is 12.0. The molecule has 0 saturated carbocycles. The summed E-state index contributed by atoms with van der Waals surface area (Å²) < 4.78 is 0. The van der Waals surface area contributed by atoms with Gasteiger partial charge >= 0.3 is 0 Å². The molecule has 1 atom stereocenters. The lowest BCUT2D eigenvalue weighted by atomic mass is 9.92. The SMILES string of the molecule is CCCC(CN1C(=O)CC(C)(C)C1=O)NC. The molecule has 1 unspecified atom stereocenters. The molecule has 0 spiro atoms. The van der Waals surface area contributed by atoms with Crippen molar-refractivity contribution in [3.05, 3.63) is 0 Å². The molecule has 1 aliphatic rings. The first-order valence-electron chi connectivity index (χ1n) is 5.94. The van der Waals surface area contributed by atoms with Gasteiger partial charge in [0.25, 0.3) is 0 Å². The summed E-state index contributed by atoms with van der Waals surface area (Å²) >= 11 is 0. The number of amides is 2. The third kappa shape index (κ3) is 2.61. The number of nitrogens with one attached hydrogen (secondary N) is 1. The van der Waals surface area contributed by atoms with E-state index in [9.17, 15) is 9.59 Å². The fourth-order valence-electron chi connectivity index (χ4n) is 2.11. The lowest BCUT2D eigenvalue weighted by Crippen LogP contribution is -2.43. The van der Waals surface area contributed by atoms with Crippen molar-refractivity contribution in [2.75, 3.05) is 13.6 Å². The van der Waals surface area contributed by atoms with Crippen LogP contribution in [0.25, 0.3) is 0 Å². The fourth-order valence-corrected chi connectivity index (χ4v) is 2.11. The van der Waals surface area contributed by atoms with Crippen molar-refractivity contribution in [2.24, 2.45) is 5.41 Å². The van der Waals surface area contributed by atoms with E-state index in [1.807, 2.05) is 20.9 Å². The first kappa shape index (κ1) is 13.2. The number of hydrogen-bond donors (Lipinski definition) is 1. The number of carbonyl (C=O) groups excluding carboxylic acids is 2. The van der Waals surface area contributed by atoms with Crippen LogP contribution in [0.15, 0.2) is 0 Å². The summed E-state index contributed by atoms with van der Waals surface area (Å²) in [5.41, 5.74) is -0.512. The summed E-state index contributed by atoms with van der Waals surface area (Å²) in [6.45, 7) is 6.27. The molecular formula is C12H22N2O2. The second-order valence-corrected chi connectivity index (χ2v) is 5.14. The number of likely N-dealkylation sites (tertiary alicyclic amines) is 1. The topological polar surface area (TPSA) is 49.4 Å². The number of hydrogen-bond acceptors (Lipinski definition) is 3. The third-order valence-corrected chi connectivity index (χ3v) is 3.17. The zero-order valence-corrected chi connectivity index (χ0v) is 10.7. The van der Waals surface area contributed by atoms with E-state index < -0.39 is 5.41 Å². The Hall–Kier alpha value is -0.900. The van der Waals surface area contributed by atoms with Gasteiger partial charge in [-0.3, -0.25) is 14.5 Å². The average molecular weight is 226 g/mol. The minimum atomic E-state index is -0.512. The summed E-state index contributed by atoms with van der Waals surface area (Å²) in [7, 11) is 1.87. The highest BCUT2D eigenvalue weighted by Gasteiger charge is 2.44. The van der Waals surface area contributed by atoms with Crippen molar-refractivity contribution in [1.29, 1.82) is 0 Å². The molecule has 4 nitrogen and oxygen atoms in total. The molecule has 1 aliphatic heterocycles. The van der Waals surface area contributed by atoms with Crippen LogP contribution in [-0.4, -0.2) is 36.3 Å². The number of imide groups is 1. The number of nitrogens with zero attached hydrogens (tertiary/aromatic N) is 1. The predicted molar refractivity (Wildman–Crippen MR) is 62.9 cm³/mol. The maximum Gasteiger partial charge on any atom is 0.235 e. The first-order valence-corrected chi connectivity index (χ1v) is 5.94. The van der Waals surface area contributed by atoms with E-state index in [2.05, 4.69) is 12.2 Å². The summed E-state index contributed by atoms with van der Waals surface area (Å²) in [6.07, 6.45) is 2.37. The molecule has 4 heteroatoms. The van der Waals surface area contributed by atoms with Gasteiger partial charge in [-0.25, -0.2) is 0 Å². The Morgan fingerprint density at radius 1 is 1.44 bits per heavy atom. The Morgan fingerprint density at radius 2 is 2.06 bits per heavy atom. The van der Waals surface area contributed by atoms with Gasteiger partial charge in [-0.05, 0) is 13.5 Å². The van der Waals surface area contributed by atoms with Gasteiger partial charge in [-0.1, -0.05) is 27.2 Å². The van der Waals surface area contributed by atoms with Crippen molar-refractivity contribution >= 4 is 11.8 Å². The van der Waals surface area contributed by atoms with Gasteiger partial charge in [-0.2, -0.15) is 0 Å². The minimum absolute atomic E-state index is 0.0335. The zero-order chi connectivity index (χ0) is 12.3. The lowest BCUT2D eigenvalue weighted by Gasteiger charge is -2.23. The standard InChI is InChI=1S/C12H22N2O2/c1-5-6-9(13-4)8-14-10(15)7-12(2,3)11(14)16/h9,13H,5-8H2,1-4H3. The van der Waals surface area contributed by atoms with E-state index in [0.29, 0.717) is 13.0 Å². The largest absolute Gasteiger partial charge is 0.315 e. The van der Waals surface area contributed by atoms with Crippen LogP contribution in [0, 0.1) is 5.41 Å². The fraction of sp³-hybridized carbons (Fsp3) is 0.833. The number of likely N-dealkylation sites (N-methyl/N-ethyl adjacent to an activating group) is 1. The highest BCUT2D eigenvalue weighted by Crippen LogP contribution is 2.31. The van der Waals surface area contributed by atoms with Crippen LogP contribution in [-0.2, 0) is 9.59 Å². The monoisotopic (exact) mass is 226 g/mol. The Kier molecular flexibility index (Phi) is 4.08. The molecular weight excluding hydrogens is 204 g/mol. The maximum absolute atomic E-state index is 12.0. The summed E-state index contributed by atoms with van der Waals surface area (Å²) in [5.74, 6) is -0.0693. The number of rotatable bonds is 5. The van der Waals surface area contributed by atoms with Crippen LogP contribution < -0.4 is 5.32 Å². The molecule has 0 aromatic carbocycles. The van der Waals surface area contributed by atoms with Gasteiger partial charge in [-0.15, -0.1) is 0 Å². The van der Waals surface area contributed by atoms with Crippen LogP contribution >= 0.6 is 0 Å². The Balaban J connectivity index is 2.67. The van der Waals surface area contributed by atoms with Crippen molar-refractivity contribution in [3.63, 3.8) is 0 Å². The Bertz CT molecular complexity index is 287. The van der Waals surface area contributed by atoms with Gasteiger partial charge in [0.15, 0.2) is 0 Å². The summed E-state index contributed by atoms with van der Waals surface area (Å²) in [6, 6.07) is 0.215.